The summed E-state index contributed by atoms with van der Waals surface area (Å²) < 4.78 is 25.6. The van der Waals surface area contributed by atoms with Crippen molar-refractivity contribution in [1.82, 2.24) is 4.90 Å². The summed E-state index contributed by atoms with van der Waals surface area (Å²) in [5, 5.41) is 9.50. The van der Waals surface area contributed by atoms with Crippen LogP contribution >= 0.6 is 11.3 Å². The van der Waals surface area contributed by atoms with E-state index < -0.39 is 12.0 Å². The number of benzene rings is 3. The van der Waals surface area contributed by atoms with Gasteiger partial charge in [-0.25, -0.2) is 0 Å². The fraction of sp³-hybridized carbons (Fsp3) is 0.222. The molecule has 1 aliphatic rings. The first-order chi connectivity index (χ1) is 17.3. The molecule has 1 N–H and O–H groups in total. The number of halogens is 1. The van der Waals surface area contributed by atoms with Gasteiger partial charge in [0.15, 0.2) is 5.75 Å². The van der Waals surface area contributed by atoms with E-state index in [0.717, 1.165) is 10.1 Å². The Labute approximate surface area is 215 Å². The van der Waals surface area contributed by atoms with E-state index >= 15 is 0 Å². The van der Waals surface area contributed by atoms with Crippen molar-refractivity contribution >= 4 is 42.9 Å². The third-order valence-corrected chi connectivity index (χ3v) is 7.28. The lowest BCUT2D eigenvalue weighted by molar-refractivity contribution is -0.00398. The van der Waals surface area contributed by atoms with Gasteiger partial charge >= 0.3 is 0 Å². The summed E-state index contributed by atoms with van der Waals surface area (Å²) in [6.07, 6.45) is -0.0244. The number of rotatable bonds is 9. The third kappa shape index (κ3) is 4.99. The fourth-order valence-electron chi connectivity index (χ4n) is 4.09. The summed E-state index contributed by atoms with van der Waals surface area (Å²) in [5.74, 6) is 1.61. The molecule has 4 radical (unpaired) electrons. The van der Waals surface area contributed by atoms with Crippen LogP contribution in [0.2, 0.25) is 0 Å². The van der Waals surface area contributed by atoms with Crippen molar-refractivity contribution in [2.45, 2.75) is 17.9 Å². The van der Waals surface area contributed by atoms with Gasteiger partial charge in [0, 0.05) is 28.7 Å². The molecule has 36 heavy (non-hydrogen) atoms. The molecule has 2 heterocycles. The molecule has 5 nitrogen and oxygen atoms in total. The molecule has 178 valence electrons. The molecular formula is C27H22B2FNO4S. The van der Waals surface area contributed by atoms with Crippen LogP contribution < -0.4 is 9.47 Å². The lowest BCUT2D eigenvalue weighted by atomic mass is 9.58. The predicted molar refractivity (Wildman–Crippen MR) is 141 cm³/mol. The van der Waals surface area contributed by atoms with E-state index in [-0.39, 0.29) is 24.1 Å². The summed E-state index contributed by atoms with van der Waals surface area (Å²) in [6, 6.07) is 21.1. The molecule has 0 amide bonds. The number of ether oxygens (including phenoxy) is 2. The van der Waals surface area contributed by atoms with Crippen LogP contribution in [0.15, 0.2) is 72.8 Å². The number of thiophene rings is 1. The van der Waals surface area contributed by atoms with Gasteiger partial charge in [-0.2, -0.15) is 0 Å². The standard InChI is InChI=1S/C27H22B2FNO4S/c28-27(29,12-13-30)31-15-21(16-31)34-19-7-9-20(10-8-19)35-25-22-11-6-18(32)14-23(22)36-26(25)24(33)17-4-2-1-3-5-17/h1-11,14,21,32H,12-13,15-16H2. The molecule has 0 atom stereocenters. The topological polar surface area (TPSA) is 59.0 Å². The monoisotopic (exact) mass is 497 g/mol. The maximum atomic E-state index is 13.3. The zero-order valence-electron chi connectivity index (χ0n) is 19.4. The average Bonchev–Trinajstić information content (AvgIpc) is 3.19. The molecule has 9 heteroatoms. The number of alkyl halides is 1. The van der Waals surface area contributed by atoms with Crippen LogP contribution in [0, 0.1) is 0 Å². The molecule has 5 rings (SSSR count). The van der Waals surface area contributed by atoms with Crippen molar-refractivity contribution in [3.05, 3.63) is 83.2 Å². The highest BCUT2D eigenvalue weighted by Crippen LogP contribution is 2.43. The number of fused-ring (bicyclic) bond motifs is 1. The van der Waals surface area contributed by atoms with Crippen LogP contribution in [0.3, 0.4) is 0 Å². The lowest BCUT2D eigenvalue weighted by Crippen LogP contribution is -2.64. The van der Waals surface area contributed by atoms with Crippen LogP contribution in [-0.2, 0) is 0 Å². The fourth-order valence-corrected chi connectivity index (χ4v) is 5.22. The summed E-state index contributed by atoms with van der Waals surface area (Å²) in [7, 11) is 11.9. The first kappa shape index (κ1) is 24.4. The van der Waals surface area contributed by atoms with Crippen LogP contribution in [0.5, 0.6) is 23.0 Å². The number of hydrogen-bond acceptors (Lipinski definition) is 6. The maximum Gasteiger partial charge on any atom is 0.206 e. The molecule has 4 aromatic rings. The van der Waals surface area contributed by atoms with E-state index in [1.807, 2.05) is 18.2 Å². The van der Waals surface area contributed by atoms with Crippen LogP contribution in [0.25, 0.3) is 10.1 Å². The Kier molecular flexibility index (Phi) is 6.77. The Morgan fingerprint density at radius 3 is 2.44 bits per heavy atom. The van der Waals surface area contributed by atoms with E-state index in [0.29, 0.717) is 40.8 Å². The molecule has 1 fully saturated rings. The number of phenols is 1. The number of hydrogen-bond donors (Lipinski definition) is 1. The van der Waals surface area contributed by atoms with Gasteiger partial charge in [-0.1, -0.05) is 35.7 Å². The number of ketones is 1. The van der Waals surface area contributed by atoms with Gasteiger partial charge in [-0.15, -0.1) is 11.3 Å². The van der Waals surface area contributed by atoms with Crippen LogP contribution in [0.4, 0.5) is 4.39 Å². The molecule has 0 spiro atoms. The van der Waals surface area contributed by atoms with Crippen LogP contribution in [-0.4, -0.2) is 62.7 Å². The zero-order valence-corrected chi connectivity index (χ0v) is 20.2. The van der Waals surface area contributed by atoms with Gasteiger partial charge in [0.05, 0.1) is 22.4 Å². The van der Waals surface area contributed by atoms with E-state index in [1.54, 1.807) is 59.5 Å². The Balaban J connectivity index is 1.33. The maximum absolute atomic E-state index is 13.3. The number of phenolic OH excluding ortho intramolecular Hbond substituents is 1. The molecule has 0 unspecified atom stereocenters. The second-order valence-electron chi connectivity index (χ2n) is 8.78. The molecule has 1 aromatic heterocycles. The molecule has 1 aliphatic heterocycles. The highest BCUT2D eigenvalue weighted by atomic mass is 32.1. The van der Waals surface area contributed by atoms with Crippen molar-refractivity contribution < 1.29 is 23.8 Å². The summed E-state index contributed by atoms with van der Waals surface area (Å²) in [4.78, 5) is 15.5. The van der Waals surface area contributed by atoms with Crippen LogP contribution in [0.1, 0.15) is 21.7 Å². The second-order valence-corrected chi connectivity index (χ2v) is 9.84. The Hall–Kier alpha value is -3.29. The Morgan fingerprint density at radius 2 is 1.75 bits per heavy atom. The average molecular weight is 497 g/mol. The minimum atomic E-state index is -1.17. The quantitative estimate of drug-likeness (QED) is 0.260. The van der Waals surface area contributed by atoms with Gasteiger partial charge in [0.25, 0.3) is 0 Å². The predicted octanol–water partition coefficient (Wildman–Crippen LogP) is 5.04. The van der Waals surface area contributed by atoms with Crippen molar-refractivity contribution in [3.63, 3.8) is 0 Å². The van der Waals surface area contributed by atoms with Crippen molar-refractivity contribution in [2.75, 3.05) is 19.8 Å². The van der Waals surface area contributed by atoms with E-state index in [1.165, 1.54) is 11.3 Å². The third-order valence-electron chi connectivity index (χ3n) is 6.15. The molecule has 0 bridgehead atoms. The van der Waals surface area contributed by atoms with Gasteiger partial charge in [0.2, 0.25) is 5.78 Å². The summed E-state index contributed by atoms with van der Waals surface area (Å²) in [6.45, 7) is 0.462. The molecule has 3 aromatic carbocycles. The Bertz CT molecular complexity index is 1370. The van der Waals surface area contributed by atoms with Crippen molar-refractivity contribution in [1.29, 1.82) is 0 Å². The normalized spacial score (nSPS) is 14.5. The van der Waals surface area contributed by atoms with Gasteiger partial charge < -0.3 is 19.5 Å². The van der Waals surface area contributed by atoms with E-state index in [9.17, 15) is 14.3 Å². The second kappa shape index (κ2) is 9.99. The Morgan fingerprint density at radius 1 is 1.06 bits per heavy atom. The largest absolute Gasteiger partial charge is 0.508 e. The minimum absolute atomic E-state index is 0.0669. The summed E-state index contributed by atoms with van der Waals surface area (Å²) >= 11 is 1.28. The summed E-state index contributed by atoms with van der Waals surface area (Å²) in [5.41, 5.74) is 0.557. The van der Waals surface area contributed by atoms with E-state index in [2.05, 4.69) is 0 Å². The van der Waals surface area contributed by atoms with Gasteiger partial charge in [0.1, 0.15) is 28.2 Å². The molecule has 1 saturated heterocycles. The molecular weight excluding hydrogens is 475 g/mol. The lowest BCUT2D eigenvalue weighted by Gasteiger charge is -2.49. The number of carbonyl (C=O) groups excluding carboxylic acids is 1. The smallest absolute Gasteiger partial charge is 0.206 e. The first-order valence-electron chi connectivity index (χ1n) is 11.5. The van der Waals surface area contributed by atoms with Gasteiger partial charge in [-0.3, -0.25) is 9.18 Å². The highest BCUT2D eigenvalue weighted by Gasteiger charge is 2.37. The number of nitrogens with zero attached hydrogens (tertiary/aromatic N) is 1. The SMILES string of the molecule is [B]C([B])(CCF)N1CC(Oc2ccc(Oc3c(C(=O)c4ccccc4)sc4cc(O)ccc34)cc2)C1. The zero-order chi connectivity index (χ0) is 25.3. The highest BCUT2D eigenvalue weighted by molar-refractivity contribution is 7.21. The van der Waals surface area contributed by atoms with Gasteiger partial charge in [-0.05, 0) is 48.9 Å². The van der Waals surface area contributed by atoms with Crippen molar-refractivity contribution in [2.24, 2.45) is 0 Å². The number of carbonyl (C=O) groups is 1. The minimum Gasteiger partial charge on any atom is -0.508 e. The number of likely N-dealkylation sites (tertiary alicyclic amines) is 1. The molecule has 0 saturated carbocycles. The number of aromatic hydroxyl groups is 1. The first-order valence-corrected chi connectivity index (χ1v) is 12.3. The van der Waals surface area contributed by atoms with Crippen molar-refractivity contribution in [3.8, 4) is 23.0 Å². The molecule has 0 aliphatic carbocycles. The van der Waals surface area contributed by atoms with E-state index in [4.69, 9.17) is 25.2 Å².